The summed E-state index contributed by atoms with van der Waals surface area (Å²) in [6, 6.07) is 4.16. The maximum atomic E-state index is 11.7. The summed E-state index contributed by atoms with van der Waals surface area (Å²) in [4.78, 5) is 11.7. The van der Waals surface area contributed by atoms with E-state index in [-0.39, 0.29) is 5.91 Å². The summed E-state index contributed by atoms with van der Waals surface area (Å²) < 4.78 is 5.39. The second kappa shape index (κ2) is 5.87. The van der Waals surface area contributed by atoms with Crippen LogP contribution in [0.4, 0.5) is 0 Å². The molecule has 0 aliphatic carbocycles. The van der Waals surface area contributed by atoms with Gasteiger partial charge in [0.2, 0.25) is 0 Å². The minimum Gasteiger partial charge on any atom is -0.456 e. The van der Waals surface area contributed by atoms with E-state index in [1.807, 2.05) is 13.0 Å². The first-order valence-corrected chi connectivity index (χ1v) is 6.40. The van der Waals surface area contributed by atoms with Crippen molar-refractivity contribution in [3.63, 3.8) is 0 Å². The van der Waals surface area contributed by atoms with E-state index in [4.69, 9.17) is 4.42 Å². The third-order valence-corrected chi connectivity index (χ3v) is 3.17. The van der Waals surface area contributed by atoms with Gasteiger partial charge < -0.3 is 15.1 Å². The second-order valence-electron chi connectivity index (χ2n) is 4.46. The van der Waals surface area contributed by atoms with Crippen LogP contribution in [0.2, 0.25) is 0 Å². The molecule has 2 heterocycles. The topological polar surface area (TPSA) is 54.3 Å². The molecule has 94 valence electrons. The number of hydrogen-bond acceptors (Lipinski definition) is 3. The molecule has 0 bridgehead atoms. The van der Waals surface area contributed by atoms with Gasteiger partial charge in [-0.15, -0.1) is 0 Å². The molecule has 1 atom stereocenters. The number of nitrogens with one attached hydrogen (secondary N) is 2. The van der Waals surface area contributed by atoms with E-state index in [1.165, 1.54) is 12.8 Å². The van der Waals surface area contributed by atoms with Gasteiger partial charge in [0.05, 0.1) is 0 Å². The van der Waals surface area contributed by atoms with Crippen LogP contribution in [0, 0.1) is 0 Å². The molecule has 1 aromatic heterocycles. The Morgan fingerprint density at radius 2 is 2.47 bits per heavy atom. The number of rotatable bonds is 5. The number of furan rings is 1. The molecule has 17 heavy (non-hydrogen) atoms. The van der Waals surface area contributed by atoms with Crippen molar-refractivity contribution >= 4 is 5.91 Å². The van der Waals surface area contributed by atoms with Crippen molar-refractivity contribution in [3.05, 3.63) is 23.7 Å². The largest absolute Gasteiger partial charge is 0.456 e. The minimum atomic E-state index is -0.109. The second-order valence-corrected chi connectivity index (χ2v) is 4.46. The van der Waals surface area contributed by atoms with Gasteiger partial charge in [-0.05, 0) is 37.9 Å². The molecule has 0 spiro atoms. The molecule has 0 aromatic carbocycles. The quantitative estimate of drug-likeness (QED) is 0.818. The summed E-state index contributed by atoms with van der Waals surface area (Å²) >= 11 is 0. The van der Waals surface area contributed by atoms with Crippen LogP contribution < -0.4 is 10.6 Å². The highest BCUT2D eigenvalue weighted by Gasteiger charge is 2.15. The van der Waals surface area contributed by atoms with E-state index in [1.54, 1.807) is 6.07 Å². The molecule has 0 saturated carbocycles. The Morgan fingerprint density at radius 3 is 3.12 bits per heavy atom. The normalized spacial score (nSPS) is 19.5. The summed E-state index contributed by atoms with van der Waals surface area (Å²) in [6.07, 6.45) is 4.28. The highest BCUT2D eigenvalue weighted by molar-refractivity contribution is 5.91. The molecular formula is C13H20N2O2. The average Bonchev–Trinajstić information content (AvgIpc) is 2.99. The molecule has 1 aliphatic heterocycles. The minimum absolute atomic E-state index is 0.109. The van der Waals surface area contributed by atoms with Crippen molar-refractivity contribution in [3.8, 4) is 0 Å². The number of carbonyl (C=O) groups is 1. The highest BCUT2D eigenvalue weighted by atomic mass is 16.3. The van der Waals surface area contributed by atoms with Crippen LogP contribution in [0.3, 0.4) is 0 Å². The first-order chi connectivity index (χ1) is 8.29. The van der Waals surface area contributed by atoms with Gasteiger partial charge in [-0.1, -0.05) is 6.92 Å². The van der Waals surface area contributed by atoms with E-state index in [0.29, 0.717) is 18.3 Å². The van der Waals surface area contributed by atoms with Crippen molar-refractivity contribution < 1.29 is 9.21 Å². The molecule has 4 nitrogen and oxygen atoms in total. The summed E-state index contributed by atoms with van der Waals surface area (Å²) in [5.41, 5.74) is 0. The summed E-state index contributed by atoms with van der Waals surface area (Å²) in [5.74, 6) is 1.16. The van der Waals surface area contributed by atoms with Crippen LogP contribution in [-0.4, -0.2) is 25.0 Å². The van der Waals surface area contributed by atoms with Crippen LogP contribution in [-0.2, 0) is 6.42 Å². The van der Waals surface area contributed by atoms with Crippen LogP contribution in [0.5, 0.6) is 0 Å². The molecule has 1 aromatic rings. The van der Waals surface area contributed by atoms with Crippen LogP contribution >= 0.6 is 0 Å². The maximum Gasteiger partial charge on any atom is 0.286 e. The lowest BCUT2D eigenvalue weighted by Crippen LogP contribution is -2.30. The lowest BCUT2D eigenvalue weighted by molar-refractivity contribution is 0.0923. The first-order valence-electron chi connectivity index (χ1n) is 6.40. The van der Waals surface area contributed by atoms with E-state index in [9.17, 15) is 4.79 Å². The van der Waals surface area contributed by atoms with Gasteiger partial charge in [0.1, 0.15) is 5.76 Å². The van der Waals surface area contributed by atoms with Crippen molar-refractivity contribution in [2.24, 2.45) is 0 Å². The van der Waals surface area contributed by atoms with Crippen molar-refractivity contribution in [1.29, 1.82) is 0 Å². The third-order valence-electron chi connectivity index (χ3n) is 3.17. The lowest BCUT2D eigenvalue weighted by atomic mass is 10.1. The zero-order chi connectivity index (χ0) is 12.1. The van der Waals surface area contributed by atoms with Gasteiger partial charge in [0.25, 0.3) is 5.91 Å². The highest BCUT2D eigenvalue weighted by Crippen LogP contribution is 2.09. The standard InChI is InChI=1S/C13H20N2O2/c1-2-11-5-6-12(17-11)13(16)15-9-7-10-4-3-8-14-10/h5-6,10,14H,2-4,7-9H2,1H3,(H,15,16). The van der Waals surface area contributed by atoms with Gasteiger partial charge in [-0.3, -0.25) is 4.79 Å². The van der Waals surface area contributed by atoms with Crippen LogP contribution in [0.15, 0.2) is 16.5 Å². The Hall–Kier alpha value is -1.29. The predicted octanol–water partition coefficient (Wildman–Crippen LogP) is 1.71. The summed E-state index contributed by atoms with van der Waals surface area (Å²) in [7, 11) is 0. The number of aryl methyl sites for hydroxylation is 1. The molecular weight excluding hydrogens is 216 g/mol. The molecule has 1 fully saturated rings. The molecule has 2 N–H and O–H groups in total. The smallest absolute Gasteiger partial charge is 0.286 e. The Kier molecular flexibility index (Phi) is 4.20. The number of hydrogen-bond donors (Lipinski definition) is 2. The molecule has 1 saturated heterocycles. The zero-order valence-electron chi connectivity index (χ0n) is 10.3. The molecule has 1 aliphatic rings. The molecule has 0 radical (unpaired) electrons. The fourth-order valence-corrected chi connectivity index (χ4v) is 2.14. The van der Waals surface area contributed by atoms with Crippen LogP contribution in [0.1, 0.15) is 42.5 Å². The van der Waals surface area contributed by atoms with E-state index >= 15 is 0 Å². The predicted molar refractivity (Wildman–Crippen MR) is 66.1 cm³/mol. The first kappa shape index (κ1) is 12.2. The summed E-state index contributed by atoms with van der Waals surface area (Å²) in [5, 5.41) is 6.30. The van der Waals surface area contributed by atoms with Gasteiger partial charge in [-0.2, -0.15) is 0 Å². The fraction of sp³-hybridized carbons (Fsp3) is 0.615. The van der Waals surface area contributed by atoms with E-state index in [2.05, 4.69) is 10.6 Å². The lowest BCUT2D eigenvalue weighted by Gasteiger charge is -2.09. The van der Waals surface area contributed by atoms with Gasteiger partial charge in [0.15, 0.2) is 5.76 Å². The molecule has 2 rings (SSSR count). The monoisotopic (exact) mass is 236 g/mol. The van der Waals surface area contributed by atoms with Crippen molar-refractivity contribution in [2.45, 2.75) is 38.6 Å². The zero-order valence-corrected chi connectivity index (χ0v) is 10.3. The Balaban J connectivity index is 1.72. The number of amides is 1. The van der Waals surface area contributed by atoms with Gasteiger partial charge >= 0.3 is 0 Å². The Labute approximate surface area is 102 Å². The molecule has 1 unspecified atom stereocenters. The Bertz CT molecular complexity index is 367. The maximum absolute atomic E-state index is 11.7. The Morgan fingerprint density at radius 1 is 1.59 bits per heavy atom. The fourth-order valence-electron chi connectivity index (χ4n) is 2.14. The molecule has 4 heteroatoms. The van der Waals surface area contributed by atoms with Crippen molar-refractivity contribution in [2.75, 3.05) is 13.1 Å². The van der Waals surface area contributed by atoms with Gasteiger partial charge in [0, 0.05) is 19.0 Å². The van der Waals surface area contributed by atoms with E-state index in [0.717, 1.165) is 25.1 Å². The van der Waals surface area contributed by atoms with Gasteiger partial charge in [-0.25, -0.2) is 0 Å². The number of carbonyl (C=O) groups excluding carboxylic acids is 1. The summed E-state index contributed by atoms with van der Waals surface area (Å²) in [6.45, 7) is 3.82. The van der Waals surface area contributed by atoms with Crippen LogP contribution in [0.25, 0.3) is 0 Å². The third kappa shape index (κ3) is 3.33. The van der Waals surface area contributed by atoms with E-state index < -0.39 is 0 Å². The average molecular weight is 236 g/mol. The molecule has 1 amide bonds. The SMILES string of the molecule is CCc1ccc(C(=O)NCCC2CCCN2)o1. The van der Waals surface area contributed by atoms with Crippen molar-refractivity contribution in [1.82, 2.24) is 10.6 Å².